The van der Waals surface area contributed by atoms with Crippen molar-refractivity contribution in [2.45, 2.75) is 0 Å². The van der Waals surface area contributed by atoms with Gasteiger partial charge in [-0.3, -0.25) is 19.3 Å². The van der Waals surface area contributed by atoms with Crippen LogP contribution in [-0.2, 0) is 14.3 Å². The topological polar surface area (TPSA) is 75.7 Å². The molecule has 0 atom stereocenters. The van der Waals surface area contributed by atoms with Gasteiger partial charge in [-0.2, -0.15) is 0 Å². The molecule has 1 aliphatic rings. The third-order valence-electron chi connectivity index (χ3n) is 2.86. The zero-order valence-corrected chi connectivity index (χ0v) is 11.6. The van der Waals surface area contributed by atoms with Crippen LogP contribution in [0.15, 0.2) is 18.2 Å². The number of ether oxygens (including phenoxy) is 1. The van der Waals surface area contributed by atoms with E-state index in [0.29, 0.717) is 23.9 Å². The Morgan fingerprint density at radius 2 is 2.15 bits per heavy atom. The van der Waals surface area contributed by atoms with Crippen molar-refractivity contribution >= 4 is 34.9 Å². The molecule has 2 rings (SSSR count). The van der Waals surface area contributed by atoms with E-state index >= 15 is 0 Å². The van der Waals surface area contributed by atoms with E-state index in [0.717, 1.165) is 4.90 Å². The van der Waals surface area contributed by atoms with Gasteiger partial charge in [-0.05, 0) is 18.2 Å². The lowest BCUT2D eigenvalue weighted by molar-refractivity contribution is -0.122. The molecule has 1 aromatic carbocycles. The van der Waals surface area contributed by atoms with Crippen molar-refractivity contribution in [1.82, 2.24) is 5.32 Å². The largest absolute Gasteiger partial charge is 0.383 e. The molecule has 0 bridgehead atoms. The van der Waals surface area contributed by atoms with Crippen LogP contribution in [0.1, 0.15) is 10.4 Å². The highest BCUT2D eigenvalue weighted by Crippen LogP contribution is 2.31. The number of fused-ring (bicyclic) bond motifs is 1. The van der Waals surface area contributed by atoms with Gasteiger partial charge in [-0.25, -0.2) is 0 Å². The summed E-state index contributed by atoms with van der Waals surface area (Å²) >= 11 is 5.86. The van der Waals surface area contributed by atoms with E-state index in [4.69, 9.17) is 16.3 Å². The fourth-order valence-electron chi connectivity index (χ4n) is 1.92. The molecule has 1 heterocycles. The van der Waals surface area contributed by atoms with Crippen LogP contribution in [0.3, 0.4) is 0 Å². The number of nitrogens with one attached hydrogen (secondary N) is 1. The molecule has 106 valence electrons. The predicted octanol–water partition coefficient (Wildman–Crippen LogP) is 0.632. The summed E-state index contributed by atoms with van der Waals surface area (Å²) < 4.78 is 4.81. The molecule has 1 aromatic rings. The second-order valence-electron chi connectivity index (χ2n) is 4.22. The van der Waals surface area contributed by atoms with Gasteiger partial charge in [-0.1, -0.05) is 11.6 Å². The average molecular weight is 297 g/mol. The van der Waals surface area contributed by atoms with Gasteiger partial charge in [0, 0.05) is 18.7 Å². The Balaban J connectivity index is 2.13. The molecular weight excluding hydrogens is 284 g/mol. The van der Waals surface area contributed by atoms with Gasteiger partial charge in [0.15, 0.2) is 0 Å². The summed E-state index contributed by atoms with van der Waals surface area (Å²) in [4.78, 5) is 36.5. The fraction of sp³-hybridized carbons (Fsp3) is 0.308. The maximum atomic E-state index is 11.9. The highest BCUT2D eigenvalue weighted by atomic mass is 35.5. The van der Waals surface area contributed by atoms with E-state index in [1.807, 2.05) is 0 Å². The van der Waals surface area contributed by atoms with Crippen LogP contribution in [0.25, 0.3) is 0 Å². The highest BCUT2D eigenvalue weighted by Gasteiger charge is 2.36. The molecule has 0 aromatic heterocycles. The Hall–Kier alpha value is -1.92. The van der Waals surface area contributed by atoms with E-state index in [1.165, 1.54) is 25.3 Å². The first-order chi connectivity index (χ1) is 9.54. The van der Waals surface area contributed by atoms with Gasteiger partial charge in [0.1, 0.15) is 6.54 Å². The number of rotatable bonds is 5. The van der Waals surface area contributed by atoms with E-state index < -0.39 is 11.7 Å². The Bertz CT molecular complexity index is 573. The smallest absolute Gasteiger partial charge is 0.299 e. The molecule has 7 heteroatoms. The van der Waals surface area contributed by atoms with Crippen molar-refractivity contribution < 1.29 is 19.1 Å². The van der Waals surface area contributed by atoms with Crippen molar-refractivity contribution in [3.05, 3.63) is 28.8 Å². The summed E-state index contributed by atoms with van der Waals surface area (Å²) in [6, 6.07) is 4.52. The van der Waals surface area contributed by atoms with Crippen LogP contribution in [-0.4, -0.2) is 44.4 Å². The lowest BCUT2D eigenvalue weighted by Gasteiger charge is -2.16. The molecule has 0 aliphatic carbocycles. The molecule has 20 heavy (non-hydrogen) atoms. The third-order valence-corrected chi connectivity index (χ3v) is 3.10. The zero-order chi connectivity index (χ0) is 14.7. The molecule has 2 amide bonds. The quantitative estimate of drug-likeness (QED) is 0.639. The molecule has 0 saturated heterocycles. The summed E-state index contributed by atoms with van der Waals surface area (Å²) in [5.74, 6) is -1.71. The van der Waals surface area contributed by atoms with E-state index in [2.05, 4.69) is 5.32 Å². The second-order valence-corrected chi connectivity index (χ2v) is 4.66. The Morgan fingerprint density at radius 1 is 1.40 bits per heavy atom. The lowest BCUT2D eigenvalue weighted by Crippen LogP contribution is -2.41. The number of anilines is 1. The maximum absolute atomic E-state index is 11.9. The van der Waals surface area contributed by atoms with Crippen LogP contribution >= 0.6 is 11.6 Å². The van der Waals surface area contributed by atoms with E-state index in [-0.39, 0.29) is 18.0 Å². The van der Waals surface area contributed by atoms with Crippen molar-refractivity contribution in [2.75, 3.05) is 31.7 Å². The lowest BCUT2D eigenvalue weighted by atomic mass is 10.1. The number of Topliss-reactive ketones (excluding diaryl/α,β-unsaturated/α-hetero) is 1. The molecule has 0 saturated carbocycles. The summed E-state index contributed by atoms with van der Waals surface area (Å²) in [5.41, 5.74) is 0.637. The van der Waals surface area contributed by atoms with Gasteiger partial charge in [0.25, 0.3) is 11.7 Å². The first-order valence-electron chi connectivity index (χ1n) is 5.96. The van der Waals surface area contributed by atoms with Gasteiger partial charge in [0.2, 0.25) is 5.91 Å². The zero-order valence-electron chi connectivity index (χ0n) is 10.8. The number of halogens is 1. The fourth-order valence-corrected chi connectivity index (χ4v) is 2.08. The third kappa shape index (κ3) is 2.81. The van der Waals surface area contributed by atoms with Crippen molar-refractivity contribution in [2.24, 2.45) is 0 Å². The van der Waals surface area contributed by atoms with Gasteiger partial charge < -0.3 is 10.1 Å². The van der Waals surface area contributed by atoms with Crippen LogP contribution in [0.2, 0.25) is 5.02 Å². The molecule has 1 aliphatic heterocycles. The number of carbonyl (C=O) groups excluding carboxylic acids is 3. The van der Waals surface area contributed by atoms with Crippen molar-refractivity contribution in [3.8, 4) is 0 Å². The molecule has 0 radical (unpaired) electrons. The maximum Gasteiger partial charge on any atom is 0.299 e. The Kier molecular flexibility index (Phi) is 4.36. The SMILES string of the molecule is COCCNC(=O)CN1C(=O)C(=O)c2ccc(Cl)cc21. The highest BCUT2D eigenvalue weighted by molar-refractivity contribution is 6.53. The summed E-state index contributed by atoms with van der Waals surface area (Å²) in [6.45, 7) is 0.496. The van der Waals surface area contributed by atoms with Gasteiger partial charge in [-0.15, -0.1) is 0 Å². The second kappa shape index (κ2) is 6.02. The minimum atomic E-state index is -0.718. The molecule has 1 N–H and O–H groups in total. The summed E-state index contributed by atoms with van der Waals surface area (Å²) in [5, 5.41) is 2.99. The van der Waals surface area contributed by atoms with E-state index in [9.17, 15) is 14.4 Å². The Labute approximate surface area is 120 Å². The molecule has 6 nitrogen and oxygen atoms in total. The average Bonchev–Trinajstić information content (AvgIpc) is 2.64. The van der Waals surface area contributed by atoms with Crippen LogP contribution in [0.4, 0.5) is 5.69 Å². The number of methoxy groups -OCH3 is 1. The van der Waals surface area contributed by atoms with Crippen LogP contribution in [0, 0.1) is 0 Å². The number of ketones is 1. The van der Waals surface area contributed by atoms with Crippen LogP contribution < -0.4 is 10.2 Å². The van der Waals surface area contributed by atoms with Crippen molar-refractivity contribution in [1.29, 1.82) is 0 Å². The summed E-state index contributed by atoms with van der Waals surface area (Å²) in [6.07, 6.45) is 0. The number of benzene rings is 1. The first kappa shape index (κ1) is 14.5. The Morgan fingerprint density at radius 3 is 2.85 bits per heavy atom. The monoisotopic (exact) mass is 296 g/mol. The van der Waals surface area contributed by atoms with Gasteiger partial charge in [0.05, 0.1) is 17.9 Å². The number of carbonyl (C=O) groups is 3. The molecular formula is C13H13ClN2O4. The number of amides is 2. The minimum Gasteiger partial charge on any atom is -0.383 e. The van der Waals surface area contributed by atoms with E-state index in [1.54, 1.807) is 0 Å². The molecule has 0 unspecified atom stereocenters. The van der Waals surface area contributed by atoms with Crippen molar-refractivity contribution in [3.63, 3.8) is 0 Å². The number of hydrogen-bond acceptors (Lipinski definition) is 4. The molecule has 0 fully saturated rings. The first-order valence-corrected chi connectivity index (χ1v) is 6.33. The summed E-state index contributed by atoms with van der Waals surface area (Å²) in [7, 11) is 1.52. The minimum absolute atomic E-state index is 0.221. The normalized spacial score (nSPS) is 13.6. The van der Waals surface area contributed by atoms with Crippen LogP contribution in [0.5, 0.6) is 0 Å². The predicted molar refractivity (Wildman–Crippen MR) is 73.0 cm³/mol. The molecule has 0 spiro atoms. The number of hydrogen-bond donors (Lipinski definition) is 1. The standard InChI is InChI=1S/C13H13ClN2O4/c1-20-5-4-15-11(17)7-16-10-6-8(14)2-3-9(10)12(18)13(16)19/h2-3,6H,4-5,7H2,1H3,(H,15,17). The number of nitrogens with zero attached hydrogens (tertiary/aromatic N) is 1. The van der Waals surface area contributed by atoms with Gasteiger partial charge >= 0.3 is 0 Å².